The Bertz CT molecular complexity index is 337. The van der Waals surface area contributed by atoms with Gasteiger partial charge in [-0.2, -0.15) is 0 Å². The second-order valence-electron chi connectivity index (χ2n) is 4.43. The van der Waals surface area contributed by atoms with Crippen molar-refractivity contribution in [2.75, 3.05) is 32.7 Å². The first-order chi connectivity index (χ1) is 7.84. The summed E-state index contributed by atoms with van der Waals surface area (Å²) >= 11 is 0. The summed E-state index contributed by atoms with van der Waals surface area (Å²) in [7, 11) is 0. The molecule has 0 saturated carbocycles. The van der Waals surface area contributed by atoms with Gasteiger partial charge >= 0.3 is 0 Å². The molecule has 0 bridgehead atoms. The van der Waals surface area contributed by atoms with E-state index in [9.17, 15) is 0 Å². The molecular weight excluding hydrogens is 196 g/mol. The number of rotatable bonds is 3. The zero-order chi connectivity index (χ0) is 11.2. The summed E-state index contributed by atoms with van der Waals surface area (Å²) in [6, 6.07) is 10.5. The van der Waals surface area contributed by atoms with Crippen LogP contribution in [-0.2, 0) is 0 Å². The van der Waals surface area contributed by atoms with Gasteiger partial charge in [-0.15, -0.1) is 0 Å². The highest BCUT2D eigenvalue weighted by atomic mass is 15.2. The summed E-state index contributed by atoms with van der Waals surface area (Å²) in [6.07, 6.45) is 2.28. The SMILES string of the molecule is C/C(=C\c1ccccc1)CN1CCNCC1. The highest BCUT2D eigenvalue weighted by Gasteiger charge is 2.08. The number of nitrogens with one attached hydrogen (secondary N) is 1. The molecule has 1 heterocycles. The average molecular weight is 216 g/mol. The van der Waals surface area contributed by atoms with Crippen LogP contribution in [0.1, 0.15) is 12.5 Å². The first-order valence-electron chi connectivity index (χ1n) is 6.00. The van der Waals surface area contributed by atoms with Gasteiger partial charge in [-0.3, -0.25) is 4.90 Å². The lowest BCUT2D eigenvalue weighted by Gasteiger charge is -2.27. The van der Waals surface area contributed by atoms with Crippen molar-refractivity contribution in [3.8, 4) is 0 Å². The van der Waals surface area contributed by atoms with Crippen molar-refractivity contribution in [1.82, 2.24) is 10.2 Å². The number of nitrogens with zero attached hydrogens (tertiary/aromatic N) is 1. The van der Waals surface area contributed by atoms with Crippen molar-refractivity contribution in [3.05, 3.63) is 41.5 Å². The molecule has 0 amide bonds. The Morgan fingerprint density at radius 3 is 2.62 bits per heavy atom. The van der Waals surface area contributed by atoms with E-state index >= 15 is 0 Å². The number of piperazine rings is 1. The van der Waals surface area contributed by atoms with Gasteiger partial charge in [0.1, 0.15) is 0 Å². The third-order valence-electron chi connectivity index (χ3n) is 2.90. The molecule has 1 N–H and O–H groups in total. The molecule has 1 aromatic rings. The lowest BCUT2D eigenvalue weighted by molar-refractivity contribution is 0.260. The second kappa shape index (κ2) is 5.83. The monoisotopic (exact) mass is 216 g/mol. The summed E-state index contributed by atoms with van der Waals surface area (Å²) < 4.78 is 0. The van der Waals surface area contributed by atoms with E-state index in [1.54, 1.807) is 0 Å². The van der Waals surface area contributed by atoms with Crippen molar-refractivity contribution in [3.63, 3.8) is 0 Å². The van der Waals surface area contributed by atoms with E-state index in [0.717, 1.165) is 19.6 Å². The van der Waals surface area contributed by atoms with Gasteiger partial charge in [0.15, 0.2) is 0 Å². The predicted molar refractivity (Wildman–Crippen MR) is 69.4 cm³/mol. The maximum absolute atomic E-state index is 3.38. The lowest BCUT2D eigenvalue weighted by Crippen LogP contribution is -2.43. The Labute approximate surface area is 98.0 Å². The number of hydrogen-bond donors (Lipinski definition) is 1. The van der Waals surface area contributed by atoms with Crippen molar-refractivity contribution in [2.45, 2.75) is 6.92 Å². The van der Waals surface area contributed by atoms with Gasteiger partial charge < -0.3 is 5.32 Å². The van der Waals surface area contributed by atoms with E-state index in [-0.39, 0.29) is 0 Å². The van der Waals surface area contributed by atoms with Gasteiger partial charge in [0.05, 0.1) is 0 Å². The zero-order valence-corrected chi connectivity index (χ0v) is 9.95. The van der Waals surface area contributed by atoms with Crippen LogP contribution in [0.4, 0.5) is 0 Å². The molecule has 1 aliphatic rings. The second-order valence-corrected chi connectivity index (χ2v) is 4.43. The van der Waals surface area contributed by atoms with Crippen molar-refractivity contribution >= 4 is 6.08 Å². The fraction of sp³-hybridized carbons (Fsp3) is 0.429. The van der Waals surface area contributed by atoms with Crippen LogP contribution >= 0.6 is 0 Å². The first-order valence-corrected chi connectivity index (χ1v) is 6.00. The summed E-state index contributed by atoms with van der Waals surface area (Å²) in [5, 5.41) is 3.38. The van der Waals surface area contributed by atoms with Crippen molar-refractivity contribution in [1.29, 1.82) is 0 Å². The molecule has 0 aliphatic carbocycles. The molecule has 1 aromatic carbocycles. The molecule has 1 aliphatic heterocycles. The van der Waals surface area contributed by atoms with Gasteiger partial charge in [-0.1, -0.05) is 42.0 Å². The number of hydrogen-bond acceptors (Lipinski definition) is 2. The topological polar surface area (TPSA) is 15.3 Å². The minimum atomic E-state index is 1.09. The Balaban J connectivity index is 1.91. The molecule has 2 heteroatoms. The molecule has 0 atom stereocenters. The maximum Gasteiger partial charge on any atom is 0.0194 e. The molecule has 0 aromatic heterocycles. The van der Waals surface area contributed by atoms with Crippen molar-refractivity contribution in [2.24, 2.45) is 0 Å². The number of benzene rings is 1. The van der Waals surface area contributed by atoms with Crippen LogP contribution in [0.25, 0.3) is 6.08 Å². The molecule has 16 heavy (non-hydrogen) atoms. The van der Waals surface area contributed by atoms with Gasteiger partial charge in [-0.05, 0) is 12.5 Å². The molecule has 2 rings (SSSR count). The Kier molecular flexibility index (Phi) is 4.14. The lowest BCUT2D eigenvalue weighted by atomic mass is 10.1. The third kappa shape index (κ3) is 3.47. The Morgan fingerprint density at radius 1 is 1.25 bits per heavy atom. The minimum absolute atomic E-state index is 1.09. The van der Waals surface area contributed by atoms with E-state index in [1.165, 1.54) is 24.2 Å². The maximum atomic E-state index is 3.38. The summed E-state index contributed by atoms with van der Waals surface area (Å²) in [5.41, 5.74) is 2.74. The van der Waals surface area contributed by atoms with Crippen LogP contribution in [0.15, 0.2) is 35.9 Å². The minimum Gasteiger partial charge on any atom is -0.314 e. The predicted octanol–water partition coefficient (Wildman–Crippen LogP) is 2.00. The van der Waals surface area contributed by atoms with Crippen LogP contribution in [-0.4, -0.2) is 37.6 Å². The van der Waals surface area contributed by atoms with E-state index in [2.05, 4.69) is 53.5 Å². The van der Waals surface area contributed by atoms with E-state index in [4.69, 9.17) is 0 Å². The van der Waals surface area contributed by atoms with Crippen molar-refractivity contribution < 1.29 is 0 Å². The fourth-order valence-corrected chi connectivity index (χ4v) is 2.10. The zero-order valence-electron chi connectivity index (χ0n) is 9.95. The van der Waals surface area contributed by atoms with Gasteiger partial charge in [0.2, 0.25) is 0 Å². The van der Waals surface area contributed by atoms with Crippen LogP contribution in [0.2, 0.25) is 0 Å². The average Bonchev–Trinajstić information content (AvgIpc) is 2.31. The molecule has 1 fully saturated rings. The molecule has 0 radical (unpaired) electrons. The molecule has 0 unspecified atom stereocenters. The Morgan fingerprint density at radius 2 is 1.94 bits per heavy atom. The standard InChI is InChI=1S/C14H20N2/c1-13(11-14-5-3-2-4-6-14)12-16-9-7-15-8-10-16/h2-6,11,15H,7-10,12H2,1H3/b13-11+. The Hall–Kier alpha value is -1.12. The highest BCUT2D eigenvalue weighted by molar-refractivity contribution is 5.52. The third-order valence-corrected chi connectivity index (χ3v) is 2.90. The molecule has 1 saturated heterocycles. The smallest absolute Gasteiger partial charge is 0.0194 e. The van der Waals surface area contributed by atoms with E-state index < -0.39 is 0 Å². The van der Waals surface area contributed by atoms with Crippen LogP contribution < -0.4 is 5.32 Å². The van der Waals surface area contributed by atoms with Crippen LogP contribution in [0.3, 0.4) is 0 Å². The first kappa shape index (κ1) is 11.4. The van der Waals surface area contributed by atoms with Gasteiger partial charge in [-0.25, -0.2) is 0 Å². The largest absolute Gasteiger partial charge is 0.314 e. The molecule has 86 valence electrons. The van der Waals surface area contributed by atoms with Gasteiger partial charge in [0, 0.05) is 32.7 Å². The summed E-state index contributed by atoms with van der Waals surface area (Å²) in [5.74, 6) is 0. The van der Waals surface area contributed by atoms with E-state index in [1.807, 2.05) is 0 Å². The molecular formula is C14H20N2. The van der Waals surface area contributed by atoms with E-state index in [0.29, 0.717) is 0 Å². The molecule has 2 nitrogen and oxygen atoms in total. The molecule has 0 spiro atoms. The normalized spacial score (nSPS) is 18.7. The summed E-state index contributed by atoms with van der Waals surface area (Å²) in [4.78, 5) is 2.51. The fourth-order valence-electron chi connectivity index (χ4n) is 2.10. The van der Waals surface area contributed by atoms with Crippen LogP contribution in [0.5, 0.6) is 0 Å². The highest BCUT2D eigenvalue weighted by Crippen LogP contribution is 2.07. The quantitative estimate of drug-likeness (QED) is 0.831. The summed E-state index contributed by atoms with van der Waals surface area (Å²) in [6.45, 7) is 7.89. The van der Waals surface area contributed by atoms with Gasteiger partial charge in [0.25, 0.3) is 0 Å². The van der Waals surface area contributed by atoms with Crippen LogP contribution in [0, 0.1) is 0 Å².